The van der Waals surface area contributed by atoms with Crippen molar-refractivity contribution < 1.29 is 18.3 Å². The van der Waals surface area contributed by atoms with Gasteiger partial charge in [0.1, 0.15) is 6.10 Å². The molecule has 1 aromatic carbocycles. The first kappa shape index (κ1) is 13.5. The number of carbonyl (C=O) groups is 1. The summed E-state index contributed by atoms with van der Waals surface area (Å²) < 4.78 is 32.7. The van der Waals surface area contributed by atoms with E-state index < -0.39 is 11.6 Å². The minimum atomic E-state index is -0.724. The molecule has 3 rings (SSSR count). The van der Waals surface area contributed by atoms with Crippen LogP contribution < -0.4 is 0 Å². The first-order valence-corrected chi connectivity index (χ1v) is 7.20. The molecule has 2 nitrogen and oxygen atoms in total. The maximum atomic E-state index is 14.0. The number of cyclic esters (lactones) is 1. The third-order valence-electron chi connectivity index (χ3n) is 4.69. The average molecular weight is 280 g/mol. The third kappa shape index (κ3) is 2.32. The summed E-state index contributed by atoms with van der Waals surface area (Å²) in [6, 6.07) is 3.36. The van der Waals surface area contributed by atoms with Crippen molar-refractivity contribution in [1.29, 1.82) is 0 Å². The number of ether oxygens (including phenoxy) is 1. The van der Waals surface area contributed by atoms with E-state index in [4.69, 9.17) is 4.74 Å². The molecule has 0 amide bonds. The molecule has 0 spiro atoms. The van der Waals surface area contributed by atoms with Crippen molar-refractivity contribution in [2.45, 2.75) is 51.0 Å². The second kappa shape index (κ2) is 5.15. The lowest BCUT2D eigenvalue weighted by molar-refractivity contribution is -0.176. The molecule has 1 atom stereocenters. The van der Waals surface area contributed by atoms with E-state index in [0.29, 0.717) is 23.5 Å². The summed E-state index contributed by atoms with van der Waals surface area (Å²) in [4.78, 5) is 10.8. The van der Waals surface area contributed by atoms with E-state index in [1.807, 2.05) is 0 Å². The molecule has 2 aliphatic rings. The van der Waals surface area contributed by atoms with E-state index in [-0.39, 0.29) is 18.0 Å². The molecule has 0 N–H and O–H groups in total. The second-order valence-corrected chi connectivity index (χ2v) is 5.94. The highest BCUT2D eigenvalue weighted by Gasteiger charge is 2.38. The van der Waals surface area contributed by atoms with Crippen molar-refractivity contribution >= 4 is 5.97 Å². The third-order valence-corrected chi connectivity index (χ3v) is 4.69. The molecular weight excluding hydrogens is 262 g/mol. The monoisotopic (exact) mass is 280 g/mol. The van der Waals surface area contributed by atoms with Gasteiger partial charge in [0.25, 0.3) is 0 Å². The van der Waals surface area contributed by atoms with Gasteiger partial charge in [0.15, 0.2) is 11.6 Å². The molecule has 1 aliphatic carbocycles. The van der Waals surface area contributed by atoms with Crippen LogP contribution in [0.25, 0.3) is 0 Å². The van der Waals surface area contributed by atoms with Crippen molar-refractivity contribution in [3.63, 3.8) is 0 Å². The molecule has 1 saturated carbocycles. The van der Waals surface area contributed by atoms with Gasteiger partial charge in [-0.3, -0.25) is 4.79 Å². The Morgan fingerprint density at radius 1 is 1.10 bits per heavy atom. The van der Waals surface area contributed by atoms with Gasteiger partial charge in [-0.05, 0) is 55.6 Å². The molecule has 1 aromatic rings. The summed E-state index contributed by atoms with van der Waals surface area (Å²) in [5.74, 6) is -1.07. The summed E-state index contributed by atoms with van der Waals surface area (Å²) in [5, 5.41) is 0. The predicted octanol–water partition coefficient (Wildman–Crippen LogP) is 3.86. The Labute approximate surface area is 117 Å². The van der Waals surface area contributed by atoms with Gasteiger partial charge >= 0.3 is 5.97 Å². The largest absolute Gasteiger partial charge is 0.461 e. The molecule has 0 bridgehead atoms. The molecule has 20 heavy (non-hydrogen) atoms. The number of benzene rings is 1. The van der Waals surface area contributed by atoms with Gasteiger partial charge in [0.2, 0.25) is 0 Å². The summed E-state index contributed by atoms with van der Waals surface area (Å²) in [6.45, 7) is 1.57. The van der Waals surface area contributed by atoms with E-state index in [1.54, 1.807) is 19.1 Å². The zero-order chi connectivity index (χ0) is 14.3. The molecule has 1 unspecified atom stereocenters. The Balaban J connectivity index is 1.66. The number of carbonyl (C=O) groups excluding carboxylic acids is 1. The Bertz CT molecular complexity index is 526. The van der Waals surface area contributed by atoms with E-state index in [9.17, 15) is 13.6 Å². The van der Waals surface area contributed by atoms with Crippen molar-refractivity contribution in [2.75, 3.05) is 0 Å². The van der Waals surface area contributed by atoms with Gasteiger partial charge in [0.05, 0.1) is 6.42 Å². The van der Waals surface area contributed by atoms with Crippen LogP contribution >= 0.6 is 0 Å². The number of halogens is 2. The minimum Gasteiger partial charge on any atom is -0.461 e. The normalized spacial score (nSPS) is 29.8. The molecule has 2 fully saturated rings. The molecule has 4 heteroatoms. The summed E-state index contributed by atoms with van der Waals surface area (Å²) in [6.07, 6.45) is 4.07. The van der Waals surface area contributed by atoms with Crippen LogP contribution in [-0.4, -0.2) is 12.1 Å². The highest BCUT2D eigenvalue weighted by molar-refractivity contribution is 5.75. The smallest absolute Gasteiger partial charge is 0.309 e. The Kier molecular flexibility index (Phi) is 3.48. The molecular formula is C16H18F2O2. The van der Waals surface area contributed by atoms with E-state index in [1.165, 1.54) is 0 Å². The lowest BCUT2D eigenvalue weighted by Gasteiger charge is -2.37. The summed E-state index contributed by atoms with van der Waals surface area (Å²) in [7, 11) is 0. The maximum absolute atomic E-state index is 14.0. The first-order valence-electron chi connectivity index (χ1n) is 7.20. The fourth-order valence-electron chi connectivity index (χ4n) is 3.36. The standard InChI is InChI=1S/C16H18F2O2/c1-9-2-7-12(16(18)15(9)17)10-3-5-11(6-4-10)13-8-14(19)20-13/h2,7,10-11,13H,3-6,8H2,1H3. The number of esters is 1. The topological polar surface area (TPSA) is 26.3 Å². The van der Waals surface area contributed by atoms with Gasteiger partial charge in [-0.1, -0.05) is 12.1 Å². The van der Waals surface area contributed by atoms with Crippen LogP contribution in [0.1, 0.15) is 49.1 Å². The van der Waals surface area contributed by atoms with E-state index in [2.05, 4.69) is 0 Å². The van der Waals surface area contributed by atoms with Gasteiger partial charge in [-0.2, -0.15) is 0 Å². The lowest BCUT2D eigenvalue weighted by atomic mass is 9.75. The summed E-state index contributed by atoms with van der Waals surface area (Å²) in [5.41, 5.74) is 0.846. The van der Waals surface area contributed by atoms with Crippen LogP contribution in [0.5, 0.6) is 0 Å². The Hall–Kier alpha value is -1.45. The summed E-state index contributed by atoms with van der Waals surface area (Å²) >= 11 is 0. The maximum Gasteiger partial charge on any atom is 0.309 e. The van der Waals surface area contributed by atoms with E-state index in [0.717, 1.165) is 25.7 Å². The van der Waals surface area contributed by atoms with Crippen LogP contribution in [0, 0.1) is 24.5 Å². The molecule has 1 aliphatic heterocycles. The van der Waals surface area contributed by atoms with Gasteiger partial charge in [0, 0.05) is 0 Å². The van der Waals surface area contributed by atoms with Crippen LogP contribution in [0.3, 0.4) is 0 Å². The van der Waals surface area contributed by atoms with Gasteiger partial charge in [-0.15, -0.1) is 0 Å². The number of aryl methyl sites for hydroxylation is 1. The zero-order valence-corrected chi connectivity index (χ0v) is 11.5. The molecule has 108 valence electrons. The van der Waals surface area contributed by atoms with Crippen molar-refractivity contribution in [3.8, 4) is 0 Å². The number of hydrogen-bond acceptors (Lipinski definition) is 2. The predicted molar refractivity (Wildman–Crippen MR) is 70.3 cm³/mol. The highest BCUT2D eigenvalue weighted by atomic mass is 19.2. The fraction of sp³-hybridized carbons (Fsp3) is 0.562. The van der Waals surface area contributed by atoms with Gasteiger partial charge in [-0.25, -0.2) is 8.78 Å². The van der Waals surface area contributed by atoms with Gasteiger partial charge < -0.3 is 4.74 Å². The van der Waals surface area contributed by atoms with Crippen LogP contribution in [0.4, 0.5) is 8.78 Å². The van der Waals surface area contributed by atoms with Crippen molar-refractivity contribution in [3.05, 3.63) is 34.9 Å². The number of hydrogen-bond donors (Lipinski definition) is 0. The molecule has 1 saturated heterocycles. The Morgan fingerprint density at radius 3 is 2.35 bits per heavy atom. The van der Waals surface area contributed by atoms with Crippen molar-refractivity contribution in [2.24, 2.45) is 5.92 Å². The van der Waals surface area contributed by atoms with Crippen LogP contribution in [-0.2, 0) is 9.53 Å². The molecule has 1 heterocycles. The number of rotatable bonds is 2. The highest BCUT2D eigenvalue weighted by Crippen LogP contribution is 2.41. The molecule has 0 aromatic heterocycles. The van der Waals surface area contributed by atoms with Crippen molar-refractivity contribution in [1.82, 2.24) is 0 Å². The fourth-order valence-corrected chi connectivity index (χ4v) is 3.36. The molecule has 0 radical (unpaired) electrons. The van der Waals surface area contributed by atoms with Crippen LogP contribution in [0.2, 0.25) is 0 Å². The van der Waals surface area contributed by atoms with Crippen LogP contribution in [0.15, 0.2) is 12.1 Å². The minimum absolute atomic E-state index is 0.0584. The first-order chi connectivity index (χ1) is 9.56. The second-order valence-electron chi connectivity index (χ2n) is 5.94. The average Bonchev–Trinajstić information content (AvgIpc) is 2.42. The van der Waals surface area contributed by atoms with E-state index >= 15 is 0 Å². The SMILES string of the molecule is Cc1ccc(C2CCC(C3CC(=O)O3)CC2)c(F)c1F. The lowest BCUT2D eigenvalue weighted by Crippen LogP contribution is -2.40. The Morgan fingerprint density at radius 2 is 1.75 bits per heavy atom. The zero-order valence-electron chi connectivity index (χ0n) is 11.5. The quantitative estimate of drug-likeness (QED) is 0.769.